The van der Waals surface area contributed by atoms with Crippen LogP contribution in [-0.2, 0) is 0 Å². The maximum absolute atomic E-state index is 12.5. The smallest absolute Gasteiger partial charge is 0.323 e. The van der Waals surface area contributed by atoms with Crippen molar-refractivity contribution in [3.63, 3.8) is 0 Å². The third kappa shape index (κ3) is 2.94. The highest BCUT2D eigenvalue weighted by atomic mass is 16.5. The summed E-state index contributed by atoms with van der Waals surface area (Å²) in [5, 5.41) is 6.46. The number of nitrogens with zero attached hydrogens (tertiary/aromatic N) is 2. The number of piperidine rings is 1. The molecule has 1 fully saturated rings. The van der Waals surface area contributed by atoms with Crippen molar-refractivity contribution in [3.05, 3.63) is 36.0 Å². The minimum Gasteiger partial charge on any atom is -0.464 e. The first-order valence-corrected chi connectivity index (χ1v) is 7.18. The number of rotatable bonds is 2. The Hall–Kier alpha value is -2.24. The number of urea groups is 1. The van der Waals surface area contributed by atoms with Gasteiger partial charge in [-0.05, 0) is 37.8 Å². The maximum atomic E-state index is 12.5. The van der Waals surface area contributed by atoms with Crippen molar-refractivity contribution in [1.29, 1.82) is 0 Å². The third-order valence-electron chi connectivity index (χ3n) is 3.89. The Morgan fingerprint density at radius 1 is 1.43 bits per heavy atom. The summed E-state index contributed by atoms with van der Waals surface area (Å²) in [6, 6.07) is 5.30. The molecule has 0 spiro atoms. The van der Waals surface area contributed by atoms with Crippen molar-refractivity contribution < 1.29 is 13.7 Å². The van der Waals surface area contributed by atoms with Gasteiger partial charge < -0.3 is 13.8 Å². The fourth-order valence-electron chi connectivity index (χ4n) is 2.75. The summed E-state index contributed by atoms with van der Waals surface area (Å²) in [6.07, 6.45) is 3.32. The summed E-state index contributed by atoms with van der Waals surface area (Å²) < 4.78 is 10.5. The summed E-state index contributed by atoms with van der Waals surface area (Å²) in [6.45, 7) is 4.82. The minimum atomic E-state index is -0.171. The van der Waals surface area contributed by atoms with E-state index in [2.05, 4.69) is 17.4 Å². The molecule has 2 amide bonds. The highest BCUT2D eigenvalue weighted by molar-refractivity contribution is 5.88. The minimum absolute atomic E-state index is 0.0330. The van der Waals surface area contributed by atoms with E-state index in [1.165, 1.54) is 6.26 Å². The first-order chi connectivity index (χ1) is 10.1. The molecule has 1 aliphatic rings. The van der Waals surface area contributed by atoms with Gasteiger partial charge in [-0.1, -0.05) is 12.1 Å². The van der Waals surface area contributed by atoms with Gasteiger partial charge in [0.1, 0.15) is 17.8 Å². The average molecular weight is 289 g/mol. The SMILES string of the molecule is Cc1ccc([C@H]2C[C@@H](C)CCN2C(=O)Nc2ccon2)o1. The summed E-state index contributed by atoms with van der Waals surface area (Å²) >= 11 is 0. The van der Waals surface area contributed by atoms with Crippen molar-refractivity contribution in [2.45, 2.75) is 32.7 Å². The van der Waals surface area contributed by atoms with E-state index in [9.17, 15) is 4.79 Å². The van der Waals surface area contributed by atoms with Crippen molar-refractivity contribution in [2.75, 3.05) is 11.9 Å². The van der Waals surface area contributed by atoms with E-state index < -0.39 is 0 Å². The second-order valence-electron chi connectivity index (χ2n) is 5.60. The van der Waals surface area contributed by atoms with Gasteiger partial charge >= 0.3 is 6.03 Å². The molecule has 0 aromatic carbocycles. The fourth-order valence-corrected chi connectivity index (χ4v) is 2.75. The molecule has 1 N–H and O–H groups in total. The van der Waals surface area contributed by atoms with Crippen LogP contribution in [0, 0.1) is 12.8 Å². The van der Waals surface area contributed by atoms with Crippen LogP contribution in [0.15, 0.2) is 33.4 Å². The van der Waals surface area contributed by atoms with Crippen molar-refractivity contribution in [1.82, 2.24) is 10.1 Å². The molecule has 2 aromatic heterocycles. The Morgan fingerprint density at radius 2 is 2.29 bits per heavy atom. The molecule has 1 saturated heterocycles. The topological polar surface area (TPSA) is 71.5 Å². The lowest BCUT2D eigenvalue weighted by atomic mass is 9.91. The predicted molar refractivity (Wildman–Crippen MR) is 76.8 cm³/mol. The number of likely N-dealkylation sites (tertiary alicyclic amines) is 1. The Labute approximate surface area is 123 Å². The van der Waals surface area contributed by atoms with Crippen LogP contribution in [0.1, 0.15) is 37.3 Å². The van der Waals surface area contributed by atoms with Crippen LogP contribution in [0.4, 0.5) is 10.6 Å². The van der Waals surface area contributed by atoms with Crippen LogP contribution in [0.2, 0.25) is 0 Å². The Morgan fingerprint density at radius 3 is 2.95 bits per heavy atom. The van der Waals surface area contributed by atoms with Crippen LogP contribution in [0.3, 0.4) is 0 Å². The van der Waals surface area contributed by atoms with Crippen LogP contribution < -0.4 is 5.32 Å². The average Bonchev–Trinajstić information content (AvgIpc) is 3.10. The van der Waals surface area contributed by atoms with E-state index >= 15 is 0 Å². The zero-order valence-electron chi connectivity index (χ0n) is 12.2. The summed E-state index contributed by atoms with van der Waals surface area (Å²) in [4.78, 5) is 14.3. The molecule has 0 radical (unpaired) electrons. The predicted octanol–water partition coefficient (Wildman–Crippen LogP) is 3.58. The number of anilines is 1. The number of aryl methyl sites for hydroxylation is 1. The van der Waals surface area contributed by atoms with Crippen LogP contribution >= 0.6 is 0 Å². The molecule has 3 heterocycles. The zero-order chi connectivity index (χ0) is 14.8. The molecule has 0 bridgehead atoms. The highest BCUT2D eigenvalue weighted by Gasteiger charge is 2.33. The van der Waals surface area contributed by atoms with E-state index in [1.807, 2.05) is 24.0 Å². The summed E-state index contributed by atoms with van der Waals surface area (Å²) in [5.74, 6) is 2.69. The Balaban J connectivity index is 1.79. The van der Waals surface area contributed by atoms with E-state index in [0.717, 1.165) is 24.4 Å². The lowest BCUT2D eigenvalue weighted by molar-refractivity contribution is 0.128. The van der Waals surface area contributed by atoms with Crippen molar-refractivity contribution in [2.24, 2.45) is 5.92 Å². The number of nitrogens with one attached hydrogen (secondary N) is 1. The van der Waals surface area contributed by atoms with Gasteiger partial charge in [0, 0.05) is 12.6 Å². The molecule has 21 heavy (non-hydrogen) atoms. The fraction of sp³-hybridized carbons (Fsp3) is 0.467. The van der Waals surface area contributed by atoms with Gasteiger partial charge in [-0.2, -0.15) is 0 Å². The second kappa shape index (κ2) is 5.63. The number of aromatic nitrogens is 1. The molecule has 0 saturated carbocycles. The van der Waals surface area contributed by atoms with Crippen LogP contribution in [0.5, 0.6) is 0 Å². The molecule has 6 nitrogen and oxygen atoms in total. The highest BCUT2D eigenvalue weighted by Crippen LogP contribution is 2.35. The molecule has 0 aliphatic carbocycles. The van der Waals surface area contributed by atoms with Crippen molar-refractivity contribution >= 4 is 11.8 Å². The van der Waals surface area contributed by atoms with E-state index in [4.69, 9.17) is 8.94 Å². The number of carbonyl (C=O) groups is 1. The van der Waals surface area contributed by atoms with Crippen molar-refractivity contribution in [3.8, 4) is 0 Å². The summed E-state index contributed by atoms with van der Waals surface area (Å²) in [5.41, 5.74) is 0. The lowest BCUT2D eigenvalue weighted by Gasteiger charge is -2.37. The quantitative estimate of drug-likeness (QED) is 0.917. The van der Waals surface area contributed by atoms with Crippen LogP contribution in [-0.4, -0.2) is 22.6 Å². The molecule has 2 aromatic rings. The normalized spacial score (nSPS) is 22.3. The molecule has 1 aliphatic heterocycles. The Bertz CT molecular complexity index is 605. The van der Waals surface area contributed by atoms with Gasteiger partial charge in [-0.25, -0.2) is 4.79 Å². The first kappa shape index (κ1) is 13.7. The molecule has 6 heteroatoms. The first-order valence-electron chi connectivity index (χ1n) is 7.18. The van der Waals surface area contributed by atoms with E-state index in [1.54, 1.807) is 6.07 Å². The van der Waals surface area contributed by atoms with Gasteiger partial charge in [0.25, 0.3) is 0 Å². The second-order valence-corrected chi connectivity index (χ2v) is 5.60. The molecule has 112 valence electrons. The molecule has 3 rings (SSSR count). The largest absolute Gasteiger partial charge is 0.464 e. The molecule has 0 unspecified atom stereocenters. The molecule has 2 atom stereocenters. The molecular weight excluding hydrogens is 270 g/mol. The monoisotopic (exact) mass is 289 g/mol. The standard InChI is InChI=1S/C15H19N3O3/c1-10-5-7-18(15(19)16-14-6-8-20-17-14)12(9-10)13-4-3-11(2)21-13/h3-4,6,8,10,12H,5,7,9H2,1-2H3,(H,16,17,19)/t10-,12+/m0/s1. The molecular formula is C15H19N3O3. The van der Waals surface area contributed by atoms with Gasteiger partial charge in [0.15, 0.2) is 5.82 Å². The van der Waals surface area contributed by atoms with Gasteiger partial charge in [0.2, 0.25) is 0 Å². The lowest BCUT2D eigenvalue weighted by Crippen LogP contribution is -2.42. The number of carbonyl (C=O) groups excluding carboxylic acids is 1. The van der Waals surface area contributed by atoms with Crippen LogP contribution in [0.25, 0.3) is 0 Å². The zero-order valence-corrected chi connectivity index (χ0v) is 12.2. The number of hydrogen-bond acceptors (Lipinski definition) is 4. The van der Waals surface area contributed by atoms with E-state index in [-0.39, 0.29) is 12.1 Å². The van der Waals surface area contributed by atoms with Gasteiger partial charge in [-0.15, -0.1) is 0 Å². The summed E-state index contributed by atoms with van der Waals surface area (Å²) in [7, 11) is 0. The number of hydrogen-bond donors (Lipinski definition) is 1. The Kier molecular flexibility index (Phi) is 3.68. The van der Waals surface area contributed by atoms with Gasteiger partial charge in [0.05, 0.1) is 6.04 Å². The number of amides is 2. The van der Waals surface area contributed by atoms with E-state index in [0.29, 0.717) is 18.3 Å². The maximum Gasteiger partial charge on any atom is 0.323 e. The third-order valence-corrected chi connectivity index (χ3v) is 3.89. The number of furan rings is 1. The van der Waals surface area contributed by atoms with Gasteiger partial charge in [-0.3, -0.25) is 5.32 Å².